The summed E-state index contributed by atoms with van der Waals surface area (Å²) in [6.45, 7) is 13.7. The standard InChI is InChI=1S/C28H45ClO3/c1-16(2)17(3)9-10-18(4)20-11-12-21-19-14-23(29)28(32)13-7-8-24(31)27(28,6)25(19)22(30)15-26(20,21)5/h7-8,16-23,25,30,32H,9-15H2,1-6H3/t17-,18+,19-,20+,21-,22+,23-,25+,26+,27+,28+/m0/s1. The van der Waals surface area contributed by atoms with Gasteiger partial charge in [-0.05, 0) is 86.0 Å². The Bertz CT molecular complexity index is 764. The Morgan fingerprint density at radius 2 is 1.84 bits per heavy atom. The fourth-order valence-electron chi connectivity index (χ4n) is 8.82. The number of hydrogen-bond acceptors (Lipinski definition) is 3. The first kappa shape index (κ1) is 24.7. The fraction of sp³-hybridized carbons (Fsp3) is 0.893. The summed E-state index contributed by atoms with van der Waals surface area (Å²) in [4.78, 5) is 13.2. The molecule has 0 aromatic rings. The molecule has 0 aliphatic heterocycles. The van der Waals surface area contributed by atoms with Gasteiger partial charge in [0.1, 0.15) is 0 Å². The molecule has 4 aliphatic carbocycles. The van der Waals surface area contributed by atoms with E-state index >= 15 is 0 Å². The molecule has 0 aromatic carbocycles. The molecule has 4 rings (SSSR count). The quantitative estimate of drug-likeness (QED) is 0.490. The minimum Gasteiger partial charge on any atom is -0.393 e. The minimum atomic E-state index is -1.27. The van der Waals surface area contributed by atoms with Gasteiger partial charge in [-0.3, -0.25) is 4.79 Å². The Morgan fingerprint density at radius 1 is 1.16 bits per heavy atom. The predicted octanol–water partition coefficient (Wildman–Crippen LogP) is 6.00. The smallest absolute Gasteiger partial charge is 0.164 e. The number of carbonyl (C=O) groups excluding carboxylic acids is 1. The van der Waals surface area contributed by atoms with Gasteiger partial charge < -0.3 is 10.2 Å². The normalized spacial score (nSPS) is 50.0. The van der Waals surface area contributed by atoms with Gasteiger partial charge in [-0.15, -0.1) is 11.6 Å². The van der Waals surface area contributed by atoms with Crippen LogP contribution in [-0.4, -0.2) is 33.1 Å². The molecule has 11 atom stereocenters. The van der Waals surface area contributed by atoms with Crippen LogP contribution in [-0.2, 0) is 4.79 Å². The van der Waals surface area contributed by atoms with Gasteiger partial charge in [0.2, 0.25) is 0 Å². The van der Waals surface area contributed by atoms with Crippen molar-refractivity contribution in [3.05, 3.63) is 12.2 Å². The van der Waals surface area contributed by atoms with Gasteiger partial charge in [0.25, 0.3) is 0 Å². The van der Waals surface area contributed by atoms with Crippen molar-refractivity contribution in [3.63, 3.8) is 0 Å². The first-order valence-corrected chi connectivity index (χ1v) is 13.6. The zero-order valence-electron chi connectivity index (χ0n) is 21.0. The van der Waals surface area contributed by atoms with E-state index in [-0.39, 0.29) is 23.0 Å². The third kappa shape index (κ3) is 3.39. The average Bonchev–Trinajstić information content (AvgIpc) is 3.05. The molecule has 32 heavy (non-hydrogen) atoms. The molecule has 0 radical (unpaired) electrons. The summed E-state index contributed by atoms with van der Waals surface area (Å²) < 4.78 is 0. The van der Waals surface area contributed by atoms with Crippen molar-refractivity contribution in [2.75, 3.05) is 0 Å². The van der Waals surface area contributed by atoms with E-state index in [1.54, 1.807) is 12.2 Å². The van der Waals surface area contributed by atoms with Gasteiger partial charge in [-0.25, -0.2) is 0 Å². The van der Waals surface area contributed by atoms with Crippen LogP contribution in [0.3, 0.4) is 0 Å². The number of aliphatic hydroxyl groups excluding tert-OH is 1. The van der Waals surface area contributed by atoms with Gasteiger partial charge in [0.15, 0.2) is 5.78 Å². The number of fused-ring (bicyclic) bond motifs is 5. The Kier molecular flexibility index (Phi) is 6.48. The summed E-state index contributed by atoms with van der Waals surface area (Å²) in [6.07, 6.45) is 9.52. The Morgan fingerprint density at radius 3 is 2.50 bits per heavy atom. The molecule has 4 aliphatic rings. The number of ketones is 1. The van der Waals surface area contributed by atoms with E-state index in [4.69, 9.17) is 11.6 Å². The fourth-order valence-corrected chi connectivity index (χ4v) is 9.34. The summed E-state index contributed by atoms with van der Waals surface area (Å²) in [5, 5.41) is 22.8. The molecule has 0 spiro atoms. The molecule has 3 nitrogen and oxygen atoms in total. The van der Waals surface area contributed by atoms with Crippen molar-refractivity contribution in [1.29, 1.82) is 0 Å². The number of aliphatic hydroxyl groups is 2. The molecule has 2 N–H and O–H groups in total. The highest BCUT2D eigenvalue weighted by molar-refractivity contribution is 6.22. The number of halogens is 1. The van der Waals surface area contributed by atoms with Gasteiger partial charge in [0.05, 0.1) is 22.5 Å². The summed E-state index contributed by atoms with van der Waals surface area (Å²) in [5.41, 5.74) is -2.19. The van der Waals surface area contributed by atoms with Crippen LogP contribution in [0.4, 0.5) is 0 Å². The molecular weight excluding hydrogens is 420 g/mol. The summed E-state index contributed by atoms with van der Waals surface area (Å²) in [6, 6.07) is 0. The van der Waals surface area contributed by atoms with Crippen LogP contribution >= 0.6 is 11.6 Å². The molecule has 0 unspecified atom stereocenters. The van der Waals surface area contributed by atoms with Crippen molar-refractivity contribution < 1.29 is 15.0 Å². The molecular formula is C28H45ClO3. The van der Waals surface area contributed by atoms with Gasteiger partial charge in [-0.2, -0.15) is 0 Å². The van der Waals surface area contributed by atoms with Crippen LogP contribution in [0.5, 0.6) is 0 Å². The number of alkyl halides is 1. The van der Waals surface area contributed by atoms with Crippen LogP contribution in [0, 0.1) is 52.3 Å². The molecule has 3 fully saturated rings. The van der Waals surface area contributed by atoms with E-state index in [0.29, 0.717) is 30.6 Å². The van der Waals surface area contributed by atoms with Crippen LogP contribution in [0.1, 0.15) is 86.5 Å². The van der Waals surface area contributed by atoms with E-state index in [9.17, 15) is 15.0 Å². The molecule has 4 heteroatoms. The second kappa shape index (κ2) is 8.38. The van der Waals surface area contributed by atoms with Crippen LogP contribution in [0.15, 0.2) is 12.2 Å². The molecule has 182 valence electrons. The Labute approximate surface area is 200 Å². The van der Waals surface area contributed by atoms with E-state index in [1.165, 1.54) is 19.3 Å². The molecule has 0 amide bonds. The molecule has 0 saturated heterocycles. The van der Waals surface area contributed by atoms with Crippen molar-refractivity contribution >= 4 is 17.4 Å². The monoisotopic (exact) mass is 464 g/mol. The van der Waals surface area contributed by atoms with E-state index in [0.717, 1.165) is 24.7 Å². The highest BCUT2D eigenvalue weighted by Gasteiger charge is 2.70. The highest BCUT2D eigenvalue weighted by atomic mass is 35.5. The van der Waals surface area contributed by atoms with Crippen molar-refractivity contribution in [2.45, 2.75) is 104 Å². The Hall–Kier alpha value is -0.380. The number of carbonyl (C=O) groups is 1. The van der Waals surface area contributed by atoms with Gasteiger partial charge >= 0.3 is 0 Å². The summed E-state index contributed by atoms with van der Waals surface area (Å²) >= 11 is 6.89. The number of hydrogen-bond donors (Lipinski definition) is 2. The molecule has 3 saturated carbocycles. The van der Waals surface area contributed by atoms with Gasteiger partial charge in [0, 0.05) is 5.92 Å². The topological polar surface area (TPSA) is 57.5 Å². The molecule has 0 aromatic heterocycles. The summed E-state index contributed by atoms with van der Waals surface area (Å²) in [5.74, 6) is 3.08. The molecule has 0 heterocycles. The lowest BCUT2D eigenvalue weighted by atomic mass is 9.42. The zero-order valence-corrected chi connectivity index (χ0v) is 21.7. The first-order valence-electron chi connectivity index (χ1n) is 13.1. The van der Waals surface area contributed by atoms with E-state index < -0.39 is 22.5 Å². The SMILES string of the molecule is CC(C)[C@@H](C)CC[C@@H](C)[C@H]1CC[C@H]2[C@@H]3C[C@H](Cl)[C@]4(O)CC=CC(=O)[C@]4(C)[C@H]3[C@H](O)C[C@]12C. The highest BCUT2D eigenvalue weighted by Crippen LogP contribution is 2.68. The predicted molar refractivity (Wildman–Crippen MR) is 130 cm³/mol. The zero-order chi connectivity index (χ0) is 23.6. The first-order chi connectivity index (χ1) is 14.9. The van der Waals surface area contributed by atoms with E-state index in [2.05, 4.69) is 34.6 Å². The second-order valence-electron chi connectivity index (χ2n) is 12.8. The lowest BCUT2D eigenvalue weighted by Gasteiger charge is -2.64. The van der Waals surface area contributed by atoms with E-state index in [1.807, 2.05) is 6.92 Å². The third-order valence-electron chi connectivity index (χ3n) is 11.2. The minimum absolute atomic E-state index is 0.0557. The van der Waals surface area contributed by atoms with Gasteiger partial charge in [-0.1, -0.05) is 53.5 Å². The lowest BCUT2D eigenvalue weighted by Crippen LogP contribution is -2.70. The average molecular weight is 465 g/mol. The summed E-state index contributed by atoms with van der Waals surface area (Å²) in [7, 11) is 0. The maximum atomic E-state index is 13.2. The van der Waals surface area contributed by atoms with Crippen molar-refractivity contribution in [2.24, 2.45) is 52.3 Å². The molecule has 0 bridgehead atoms. The van der Waals surface area contributed by atoms with Crippen LogP contribution in [0.25, 0.3) is 0 Å². The largest absolute Gasteiger partial charge is 0.393 e. The van der Waals surface area contributed by atoms with Crippen molar-refractivity contribution in [1.82, 2.24) is 0 Å². The second-order valence-corrected chi connectivity index (χ2v) is 13.4. The van der Waals surface area contributed by atoms with Crippen molar-refractivity contribution in [3.8, 4) is 0 Å². The number of allylic oxidation sites excluding steroid dienone is 1. The Balaban J connectivity index is 1.61. The maximum Gasteiger partial charge on any atom is 0.164 e. The van der Waals surface area contributed by atoms with Crippen LogP contribution in [0.2, 0.25) is 0 Å². The number of rotatable bonds is 5. The maximum absolute atomic E-state index is 13.2. The lowest BCUT2D eigenvalue weighted by molar-refractivity contribution is -0.215. The third-order valence-corrected chi connectivity index (χ3v) is 11.7. The van der Waals surface area contributed by atoms with Crippen LogP contribution < -0.4 is 0 Å².